The van der Waals surface area contributed by atoms with E-state index in [-0.39, 0.29) is 6.42 Å². The molecule has 0 aliphatic rings. The molecule has 18 heavy (non-hydrogen) atoms. The maximum Gasteiger partial charge on any atom is 0.305 e. The van der Waals surface area contributed by atoms with Crippen LogP contribution in [0.25, 0.3) is 10.8 Å². The molecule has 0 spiro atoms. The fourth-order valence-electron chi connectivity index (χ4n) is 1.85. The fourth-order valence-corrected chi connectivity index (χ4v) is 2.32. The maximum atomic E-state index is 10.5. The highest BCUT2D eigenvalue weighted by molar-refractivity contribution is 9.10. The highest BCUT2D eigenvalue weighted by Crippen LogP contribution is 2.30. The van der Waals surface area contributed by atoms with E-state index in [1.165, 1.54) is 0 Å². The summed E-state index contributed by atoms with van der Waals surface area (Å²) in [5, 5.41) is 13.8. The van der Waals surface area contributed by atoms with Gasteiger partial charge in [-0.15, -0.1) is 0 Å². The normalized spacial score (nSPS) is 10.6. The van der Waals surface area contributed by atoms with Crippen molar-refractivity contribution in [2.75, 3.05) is 11.9 Å². The number of nitrogens with one attached hydrogen (secondary N) is 1. The van der Waals surface area contributed by atoms with Gasteiger partial charge in [0.05, 0.1) is 6.42 Å². The highest BCUT2D eigenvalue weighted by Gasteiger charge is 2.08. The molecule has 2 aromatic rings. The van der Waals surface area contributed by atoms with Crippen molar-refractivity contribution in [3.05, 3.63) is 34.4 Å². The Morgan fingerprint density at radius 3 is 2.94 bits per heavy atom. The number of halogens is 1. The van der Waals surface area contributed by atoms with Crippen molar-refractivity contribution in [3.8, 4) is 0 Å². The summed E-state index contributed by atoms with van der Waals surface area (Å²) in [6, 6.07) is 5.95. The van der Waals surface area contributed by atoms with Gasteiger partial charge in [-0.05, 0) is 24.6 Å². The van der Waals surface area contributed by atoms with Crippen LogP contribution in [-0.2, 0) is 4.79 Å². The lowest BCUT2D eigenvalue weighted by molar-refractivity contribution is -0.136. The van der Waals surface area contributed by atoms with Crippen molar-refractivity contribution in [2.45, 2.75) is 13.3 Å². The van der Waals surface area contributed by atoms with E-state index in [4.69, 9.17) is 5.11 Å². The number of carboxylic acids is 1. The van der Waals surface area contributed by atoms with Gasteiger partial charge in [-0.25, -0.2) is 4.98 Å². The van der Waals surface area contributed by atoms with Crippen LogP contribution in [0.15, 0.2) is 28.9 Å². The summed E-state index contributed by atoms with van der Waals surface area (Å²) in [6.45, 7) is 2.38. The van der Waals surface area contributed by atoms with E-state index in [1.807, 2.05) is 25.1 Å². The third kappa shape index (κ3) is 2.61. The number of carboxylic acid groups (broad SMARTS) is 1. The second-order valence-electron chi connectivity index (χ2n) is 4.02. The molecule has 2 N–H and O–H groups in total. The molecule has 0 fully saturated rings. The van der Waals surface area contributed by atoms with Crippen molar-refractivity contribution < 1.29 is 9.90 Å². The molecule has 0 atom stereocenters. The number of nitrogens with zero attached hydrogens (tertiary/aromatic N) is 1. The Bertz CT molecular complexity index is 599. The van der Waals surface area contributed by atoms with Crippen LogP contribution in [-0.4, -0.2) is 22.6 Å². The Kier molecular flexibility index (Phi) is 3.81. The van der Waals surface area contributed by atoms with E-state index in [0.717, 1.165) is 26.6 Å². The molecule has 0 radical (unpaired) electrons. The number of hydrogen-bond donors (Lipinski definition) is 2. The van der Waals surface area contributed by atoms with Crippen molar-refractivity contribution in [2.24, 2.45) is 0 Å². The largest absolute Gasteiger partial charge is 0.481 e. The Labute approximate surface area is 113 Å². The Morgan fingerprint density at radius 2 is 2.22 bits per heavy atom. The van der Waals surface area contributed by atoms with E-state index in [9.17, 15) is 4.79 Å². The summed E-state index contributed by atoms with van der Waals surface area (Å²) in [6.07, 6.45) is 1.79. The lowest BCUT2D eigenvalue weighted by Gasteiger charge is -2.11. The zero-order valence-corrected chi connectivity index (χ0v) is 11.5. The summed E-state index contributed by atoms with van der Waals surface area (Å²) >= 11 is 3.51. The average Bonchev–Trinajstić information content (AvgIpc) is 2.33. The quantitative estimate of drug-likeness (QED) is 0.910. The van der Waals surface area contributed by atoms with Gasteiger partial charge in [-0.1, -0.05) is 22.0 Å². The Morgan fingerprint density at radius 1 is 1.44 bits per heavy atom. The minimum absolute atomic E-state index is 0.0745. The second-order valence-corrected chi connectivity index (χ2v) is 4.87. The molecule has 1 aromatic heterocycles. The number of benzene rings is 1. The molecule has 5 heteroatoms. The SMILES string of the molecule is Cc1ccc(Br)c2ccnc(NCCC(=O)O)c12. The first-order chi connectivity index (χ1) is 8.59. The highest BCUT2D eigenvalue weighted by atomic mass is 79.9. The third-order valence-corrected chi connectivity index (χ3v) is 3.41. The van der Waals surface area contributed by atoms with Crippen LogP contribution in [0.3, 0.4) is 0 Å². The van der Waals surface area contributed by atoms with Crippen molar-refractivity contribution in [1.29, 1.82) is 0 Å². The molecule has 4 nitrogen and oxygen atoms in total. The summed E-state index contributed by atoms with van der Waals surface area (Å²) in [7, 11) is 0. The fraction of sp³-hybridized carbons (Fsp3) is 0.231. The molecule has 0 bridgehead atoms. The third-order valence-electron chi connectivity index (χ3n) is 2.71. The molecule has 0 amide bonds. The predicted molar refractivity (Wildman–Crippen MR) is 74.9 cm³/mol. The molecule has 94 valence electrons. The van der Waals surface area contributed by atoms with Gasteiger partial charge in [-0.3, -0.25) is 4.79 Å². The Hall–Kier alpha value is -1.62. The average molecular weight is 309 g/mol. The van der Waals surface area contributed by atoms with Gasteiger partial charge in [-0.2, -0.15) is 0 Å². The molecule has 1 aromatic carbocycles. The molecule has 0 saturated carbocycles. The molecule has 1 heterocycles. The molecule has 0 saturated heterocycles. The van der Waals surface area contributed by atoms with Crippen molar-refractivity contribution in [1.82, 2.24) is 4.98 Å². The van der Waals surface area contributed by atoms with E-state index < -0.39 is 5.97 Å². The number of pyridine rings is 1. The van der Waals surface area contributed by atoms with Crippen molar-refractivity contribution >= 4 is 38.5 Å². The van der Waals surface area contributed by atoms with Crippen LogP contribution >= 0.6 is 15.9 Å². The predicted octanol–water partition coefficient (Wildman–Crippen LogP) is 3.19. The smallest absolute Gasteiger partial charge is 0.305 e. The number of aryl methyl sites for hydroxylation is 1. The van der Waals surface area contributed by atoms with Crippen LogP contribution in [0.4, 0.5) is 5.82 Å². The summed E-state index contributed by atoms with van der Waals surface area (Å²) in [4.78, 5) is 14.8. The number of fused-ring (bicyclic) bond motifs is 1. The molecule has 0 aliphatic carbocycles. The van der Waals surface area contributed by atoms with E-state index in [1.54, 1.807) is 6.20 Å². The van der Waals surface area contributed by atoms with Gasteiger partial charge in [0.15, 0.2) is 0 Å². The zero-order valence-electron chi connectivity index (χ0n) is 9.90. The summed E-state index contributed by atoms with van der Waals surface area (Å²) in [5.41, 5.74) is 1.11. The first kappa shape index (κ1) is 12.8. The second kappa shape index (κ2) is 5.35. The van der Waals surface area contributed by atoms with E-state index >= 15 is 0 Å². The molecular weight excluding hydrogens is 296 g/mol. The van der Waals surface area contributed by atoms with E-state index in [0.29, 0.717) is 6.54 Å². The maximum absolute atomic E-state index is 10.5. The van der Waals surface area contributed by atoms with Gasteiger partial charge >= 0.3 is 5.97 Å². The van der Waals surface area contributed by atoms with Crippen molar-refractivity contribution in [3.63, 3.8) is 0 Å². The minimum Gasteiger partial charge on any atom is -0.481 e. The molecular formula is C13H13BrN2O2. The number of aromatic nitrogens is 1. The minimum atomic E-state index is -0.819. The zero-order chi connectivity index (χ0) is 13.1. The van der Waals surface area contributed by atoms with Gasteiger partial charge in [0.1, 0.15) is 5.82 Å². The van der Waals surface area contributed by atoms with E-state index in [2.05, 4.69) is 26.2 Å². The number of anilines is 1. The summed E-state index contributed by atoms with van der Waals surface area (Å²) < 4.78 is 1.01. The van der Waals surface area contributed by atoms with Crippen LogP contribution < -0.4 is 5.32 Å². The number of carbonyl (C=O) groups is 1. The first-order valence-electron chi connectivity index (χ1n) is 5.59. The van der Waals surface area contributed by atoms with Gasteiger partial charge in [0, 0.05) is 28.0 Å². The van der Waals surface area contributed by atoms with Crippen LogP contribution in [0, 0.1) is 6.92 Å². The number of hydrogen-bond acceptors (Lipinski definition) is 3. The number of aliphatic carboxylic acids is 1. The summed E-state index contributed by atoms with van der Waals surface area (Å²) in [5.74, 6) is -0.0896. The molecule has 0 unspecified atom stereocenters. The van der Waals surface area contributed by atoms with Gasteiger partial charge < -0.3 is 10.4 Å². The van der Waals surface area contributed by atoms with Crippen LogP contribution in [0.5, 0.6) is 0 Å². The first-order valence-corrected chi connectivity index (χ1v) is 6.38. The lowest BCUT2D eigenvalue weighted by atomic mass is 10.1. The molecule has 2 rings (SSSR count). The monoisotopic (exact) mass is 308 g/mol. The number of rotatable bonds is 4. The van der Waals surface area contributed by atoms with Crippen LogP contribution in [0.1, 0.15) is 12.0 Å². The van der Waals surface area contributed by atoms with Gasteiger partial charge in [0.2, 0.25) is 0 Å². The topological polar surface area (TPSA) is 62.2 Å². The van der Waals surface area contributed by atoms with Gasteiger partial charge in [0.25, 0.3) is 0 Å². The standard InChI is InChI=1S/C13H13BrN2O2/c1-8-2-3-10(14)9-4-6-15-13(12(8)9)16-7-5-11(17)18/h2-4,6H,5,7H2,1H3,(H,15,16)(H,17,18). The lowest BCUT2D eigenvalue weighted by Crippen LogP contribution is -2.09. The Balaban J connectivity index is 2.38. The van der Waals surface area contributed by atoms with Crippen LogP contribution in [0.2, 0.25) is 0 Å². The molecule has 0 aliphatic heterocycles.